The molecule has 17 heavy (non-hydrogen) atoms. The SMILES string of the molecule is CNCCNc1cc(N(C)CC(C)C)ncn1. The van der Waals surface area contributed by atoms with Gasteiger partial charge in [0.2, 0.25) is 0 Å². The van der Waals surface area contributed by atoms with Gasteiger partial charge in [0.05, 0.1) is 0 Å². The Kier molecular flexibility index (Phi) is 5.69. The van der Waals surface area contributed by atoms with Gasteiger partial charge in [0.1, 0.15) is 18.0 Å². The molecule has 0 aliphatic carbocycles. The Balaban J connectivity index is 2.58. The van der Waals surface area contributed by atoms with Crippen LogP contribution >= 0.6 is 0 Å². The van der Waals surface area contributed by atoms with E-state index in [4.69, 9.17) is 0 Å². The lowest BCUT2D eigenvalue weighted by atomic mass is 10.2. The van der Waals surface area contributed by atoms with E-state index in [1.807, 2.05) is 13.1 Å². The minimum absolute atomic E-state index is 0.621. The Morgan fingerprint density at radius 1 is 1.29 bits per heavy atom. The van der Waals surface area contributed by atoms with Crippen molar-refractivity contribution in [2.45, 2.75) is 13.8 Å². The number of aromatic nitrogens is 2. The number of hydrogen-bond acceptors (Lipinski definition) is 5. The third kappa shape index (κ3) is 4.99. The molecule has 0 aliphatic rings. The molecular formula is C12H23N5. The van der Waals surface area contributed by atoms with E-state index in [1.54, 1.807) is 6.33 Å². The van der Waals surface area contributed by atoms with Crippen LogP contribution in [0.1, 0.15) is 13.8 Å². The van der Waals surface area contributed by atoms with E-state index in [0.29, 0.717) is 5.92 Å². The minimum atomic E-state index is 0.621. The summed E-state index contributed by atoms with van der Waals surface area (Å²) in [6, 6.07) is 1.98. The monoisotopic (exact) mass is 237 g/mol. The van der Waals surface area contributed by atoms with Gasteiger partial charge in [-0.2, -0.15) is 0 Å². The molecule has 1 aromatic heterocycles. The summed E-state index contributed by atoms with van der Waals surface area (Å²) in [6.45, 7) is 7.17. The topological polar surface area (TPSA) is 53.1 Å². The third-order valence-corrected chi connectivity index (χ3v) is 2.36. The Morgan fingerprint density at radius 3 is 2.71 bits per heavy atom. The van der Waals surface area contributed by atoms with Crippen LogP contribution in [-0.2, 0) is 0 Å². The molecule has 1 rings (SSSR count). The van der Waals surface area contributed by atoms with E-state index in [0.717, 1.165) is 31.3 Å². The fourth-order valence-corrected chi connectivity index (χ4v) is 1.61. The highest BCUT2D eigenvalue weighted by molar-refractivity contribution is 5.47. The van der Waals surface area contributed by atoms with Gasteiger partial charge in [-0.25, -0.2) is 9.97 Å². The van der Waals surface area contributed by atoms with Crippen LogP contribution in [0.4, 0.5) is 11.6 Å². The molecule has 2 N–H and O–H groups in total. The summed E-state index contributed by atoms with van der Waals surface area (Å²) in [5.41, 5.74) is 0. The average molecular weight is 237 g/mol. The van der Waals surface area contributed by atoms with E-state index >= 15 is 0 Å². The van der Waals surface area contributed by atoms with E-state index in [1.165, 1.54) is 0 Å². The third-order valence-electron chi connectivity index (χ3n) is 2.36. The van der Waals surface area contributed by atoms with Crippen molar-refractivity contribution in [2.24, 2.45) is 5.92 Å². The first-order valence-corrected chi connectivity index (χ1v) is 6.05. The molecule has 0 bridgehead atoms. The fourth-order valence-electron chi connectivity index (χ4n) is 1.61. The lowest BCUT2D eigenvalue weighted by Crippen LogP contribution is -2.24. The van der Waals surface area contributed by atoms with Crippen LogP contribution < -0.4 is 15.5 Å². The highest BCUT2D eigenvalue weighted by Crippen LogP contribution is 2.13. The number of rotatable bonds is 7. The Bertz CT molecular complexity index is 326. The van der Waals surface area contributed by atoms with Crippen LogP contribution in [0.3, 0.4) is 0 Å². The molecule has 0 radical (unpaired) electrons. The molecule has 0 saturated heterocycles. The maximum absolute atomic E-state index is 4.28. The van der Waals surface area contributed by atoms with Crippen molar-refractivity contribution in [3.05, 3.63) is 12.4 Å². The largest absolute Gasteiger partial charge is 0.369 e. The zero-order valence-electron chi connectivity index (χ0n) is 11.2. The van der Waals surface area contributed by atoms with Crippen molar-refractivity contribution in [3.63, 3.8) is 0 Å². The number of hydrogen-bond donors (Lipinski definition) is 2. The highest BCUT2D eigenvalue weighted by atomic mass is 15.2. The van der Waals surface area contributed by atoms with Gasteiger partial charge in [0, 0.05) is 32.7 Å². The predicted octanol–water partition coefficient (Wildman–Crippen LogP) is 1.20. The van der Waals surface area contributed by atoms with Gasteiger partial charge in [-0.15, -0.1) is 0 Å². The van der Waals surface area contributed by atoms with E-state index < -0.39 is 0 Å². The summed E-state index contributed by atoms with van der Waals surface area (Å²) in [5.74, 6) is 2.46. The average Bonchev–Trinajstić information content (AvgIpc) is 2.29. The lowest BCUT2D eigenvalue weighted by Gasteiger charge is -2.20. The smallest absolute Gasteiger partial charge is 0.133 e. The van der Waals surface area contributed by atoms with E-state index in [9.17, 15) is 0 Å². The normalized spacial score (nSPS) is 10.6. The molecule has 1 heterocycles. The predicted molar refractivity (Wildman–Crippen MR) is 72.6 cm³/mol. The second-order valence-electron chi connectivity index (χ2n) is 4.57. The molecule has 0 aromatic carbocycles. The molecule has 0 amide bonds. The molecule has 0 aliphatic heterocycles. The van der Waals surface area contributed by atoms with Gasteiger partial charge in [-0.05, 0) is 13.0 Å². The van der Waals surface area contributed by atoms with Crippen LogP contribution in [0.15, 0.2) is 12.4 Å². The minimum Gasteiger partial charge on any atom is -0.369 e. The molecule has 1 aromatic rings. The second-order valence-corrected chi connectivity index (χ2v) is 4.57. The van der Waals surface area contributed by atoms with Crippen molar-refractivity contribution in [1.29, 1.82) is 0 Å². The molecule has 0 fully saturated rings. The zero-order valence-corrected chi connectivity index (χ0v) is 11.2. The second kappa shape index (κ2) is 7.06. The van der Waals surface area contributed by atoms with Crippen molar-refractivity contribution in [1.82, 2.24) is 15.3 Å². The Labute approximate surface area is 104 Å². The summed E-state index contributed by atoms with van der Waals surface area (Å²) in [7, 11) is 3.99. The first-order chi connectivity index (χ1) is 8.13. The molecule has 5 heteroatoms. The van der Waals surface area contributed by atoms with Gasteiger partial charge in [-0.1, -0.05) is 13.8 Å². The highest BCUT2D eigenvalue weighted by Gasteiger charge is 2.05. The van der Waals surface area contributed by atoms with Crippen LogP contribution in [0.5, 0.6) is 0 Å². The van der Waals surface area contributed by atoms with Crippen molar-refractivity contribution >= 4 is 11.6 Å². The summed E-state index contributed by atoms with van der Waals surface area (Å²) in [6.07, 6.45) is 1.61. The zero-order chi connectivity index (χ0) is 12.7. The van der Waals surface area contributed by atoms with Gasteiger partial charge in [0.15, 0.2) is 0 Å². The summed E-state index contributed by atoms with van der Waals surface area (Å²) in [4.78, 5) is 10.6. The van der Waals surface area contributed by atoms with Crippen LogP contribution in [0.25, 0.3) is 0 Å². The number of nitrogens with zero attached hydrogens (tertiary/aromatic N) is 3. The summed E-state index contributed by atoms with van der Waals surface area (Å²) in [5, 5.41) is 6.34. The molecule has 5 nitrogen and oxygen atoms in total. The van der Waals surface area contributed by atoms with Crippen LogP contribution in [-0.4, -0.2) is 43.7 Å². The van der Waals surface area contributed by atoms with Crippen LogP contribution in [0.2, 0.25) is 0 Å². The van der Waals surface area contributed by atoms with Gasteiger partial charge >= 0.3 is 0 Å². The van der Waals surface area contributed by atoms with E-state index in [-0.39, 0.29) is 0 Å². The van der Waals surface area contributed by atoms with Crippen molar-refractivity contribution < 1.29 is 0 Å². The number of anilines is 2. The first kappa shape index (κ1) is 13.7. The fraction of sp³-hybridized carbons (Fsp3) is 0.667. The molecule has 0 atom stereocenters. The van der Waals surface area contributed by atoms with Crippen molar-refractivity contribution in [2.75, 3.05) is 43.9 Å². The van der Waals surface area contributed by atoms with Gasteiger partial charge < -0.3 is 15.5 Å². The van der Waals surface area contributed by atoms with Crippen molar-refractivity contribution in [3.8, 4) is 0 Å². The summed E-state index contributed by atoms with van der Waals surface area (Å²) >= 11 is 0. The van der Waals surface area contributed by atoms with Crippen LogP contribution in [0, 0.1) is 5.92 Å². The van der Waals surface area contributed by atoms with Gasteiger partial charge in [-0.3, -0.25) is 0 Å². The Morgan fingerprint density at radius 2 is 2.06 bits per heavy atom. The molecule has 0 saturated carbocycles. The number of likely N-dealkylation sites (N-methyl/N-ethyl adjacent to an activating group) is 1. The Hall–Kier alpha value is -1.36. The molecule has 96 valence electrons. The lowest BCUT2D eigenvalue weighted by molar-refractivity contribution is 0.634. The molecule has 0 unspecified atom stereocenters. The standard InChI is InChI=1S/C12H23N5/c1-10(2)8-17(4)12-7-11(15-9-16-12)14-6-5-13-3/h7,9-10,13H,5-6,8H2,1-4H3,(H,14,15,16). The van der Waals surface area contributed by atoms with Gasteiger partial charge in [0.25, 0.3) is 0 Å². The maximum Gasteiger partial charge on any atom is 0.133 e. The quantitative estimate of drug-likeness (QED) is 0.698. The number of nitrogens with one attached hydrogen (secondary N) is 2. The van der Waals surface area contributed by atoms with E-state index in [2.05, 4.69) is 46.4 Å². The molecular weight excluding hydrogens is 214 g/mol. The summed E-state index contributed by atoms with van der Waals surface area (Å²) < 4.78 is 0. The first-order valence-electron chi connectivity index (χ1n) is 6.05. The molecule has 0 spiro atoms. The maximum atomic E-state index is 4.28.